The van der Waals surface area contributed by atoms with Gasteiger partial charge < -0.3 is 15.7 Å². The van der Waals surface area contributed by atoms with Gasteiger partial charge in [0.05, 0.1) is 24.3 Å². The number of hydrogen-bond donors (Lipinski definition) is 3. The van der Waals surface area contributed by atoms with Crippen LogP contribution in [0.1, 0.15) is 94.5 Å². The number of carbonyl (C=O) groups is 1. The molecule has 2 unspecified atom stereocenters. The third-order valence-corrected chi connectivity index (χ3v) is 8.80. The highest BCUT2D eigenvalue weighted by Gasteiger charge is 2.18. The molecule has 3 N–H and O–H groups in total. The number of halogens is 2. The Morgan fingerprint density at radius 3 is 1.54 bits per heavy atom. The van der Waals surface area contributed by atoms with E-state index in [2.05, 4.69) is 72.1 Å². The van der Waals surface area contributed by atoms with Gasteiger partial charge in [0, 0.05) is 54.0 Å². The van der Waals surface area contributed by atoms with Crippen LogP contribution < -0.4 is 21.8 Å². The van der Waals surface area contributed by atoms with E-state index in [0.717, 1.165) is 10.8 Å². The first-order valence-corrected chi connectivity index (χ1v) is 18.3. The van der Waals surface area contributed by atoms with Gasteiger partial charge in [0.1, 0.15) is 22.9 Å². The number of fused-ring (bicyclic) bond motifs is 2. The van der Waals surface area contributed by atoms with Crippen molar-refractivity contribution in [3.05, 3.63) is 128 Å². The summed E-state index contributed by atoms with van der Waals surface area (Å²) in [7, 11) is 0. The van der Waals surface area contributed by atoms with Crippen LogP contribution in [-0.4, -0.2) is 40.5 Å². The Bertz CT molecular complexity index is 2490. The SMILES string of the molecule is CC(Nc1ncc2ccc(=O)n(CC(C)(C)C)c2n1)c1ccc(C=O)c(F)c1.CC(Nc1ncc2ccc(=O)n(CC(C)(C)C)c2n1)c1ccc(CO)c(F)c1. The van der Waals surface area contributed by atoms with Crippen LogP contribution in [0.25, 0.3) is 22.1 Å². The van der Waals surface area contributed by atoms with Crippen LogP contribution in [0.4, 0.5) is 20.7 Å². The number of carbonyl (C=O) groups excluding carboxylic acids is 1. The number of hydrogen-bond acceptors (Lipinski definition) is 10. The van der Waals surface area contributed by atoms with Crippen molar-refractivity contribution >= 4 is 40.2 Å². The summed E-state index contributed by atoms with van der Waals surface area (Å²) >= 11 is 0. The van der Waals surface area contributed by atoms with Crippen LogP contribution >= 0.6 is 0 Å². The minimum absolute atomic E-state index is 0.0177. The molecule has 56 heavy (non-hydrogen) atoms. The fraction of sp³-hybridized carbons (Fsp3) is 0.357. The lowest BCUT2D eigenvalue weighted by atomic mass is 9.96. The van der Waals surface area contributed by atoms with Gasteiger partial charge in [-0.2, -0.15) is 9.97 Å². The molecule has 14 heteroatoms. The second-order valence-corrected chi connectivity index (χ2v) is 16.2. The Kier molecular flexibility index (Phi) is 12.4. The maximum absolute atomic E-state index is 14.0. The summed E-state index contributed by atoms with van der Waals surface area (Å²) < 4.78 is 31.1. The number of benzene rings is 2. The molecule has 0 aliphatic rings. The third kappa shape index (κ3) is 10.2. The Labute approximate surface area is 323 Å². The molecule has 12 nitrogen and oxygen atoms in total. The van der Waals surface area contributed by atoms with E-state index >= 15 is 0 Å². The molecule has 0 fully saturated rings. The van der Waals surface area contributed by atoms with Crippen molar-refractivity contribution < 1.29 is 18.7 Å². The van der Waals surface area contributed by atoms with Crippen LogP contribution in [-0.2, 0) is 19.7 Å². The first kappa shape index (κ1) is 41.3. The van der Waals surface area contributed by atoms with Crippen molar-refractivity contribution in [1.82, 2.24) is 29.1 Å². The first-order chi connectivity index (χ1) is 26.3. The number of nitrogens with one attached hydrogen (secondary N) is 2. The minimum Gasteiger partial charge on any atom is -0.392 e. The van der Waals surface area contributed by atoms with Crippen molar-refractivity contribution in [2.75, 3.05) is 10.6 Å². The highest BCUT2D eigenvalue weighted by atomic mass is 19.1. The summed E-state index contributed by atoms with van der Waals surface area (Å²) in [6, 6.07) is 15.1. The molecule has 0 saturated heterocycles. The van der Waals surface area contributed by atoms with Crippen molar-refractivity contribution in [3.8, 4) is 0 Å². The second-order valence-electron chi connectivity index (χ2n) is 16.2. The molecule has 0 spiro atoms. The topological polar surface area (TPSA) is 157 Å². The molecular formula is C42H48F2N8O4. The molecule has 0 radical (unpaired) electrons. The molecular weight excluding hydrogens is 719 g/mol. The Balaban J connectivity index is 0.000000214. The van der Waals surface area contributed by atoms with E-state index in [0.29, 0.717) is 53.7 Å². The van der Waals surface area contributed by atoms with Crippen LogP contribution in [0.3, 0.4) is 0 Å². The molecule has 0 aliphatic carbocycles. The third-order valence-electron chi connectivity index (χ3n) is 8.80. The van der Waals surface area contributed by atoms with E-state index in [1.165, 1.54) is 30.3 Å². The summed E-state index contributed by atoms with van der Waals surface area (Å²) in [5.41, 5.74) is 2.34. The fourth-order valence-electron chi connectivity index (χ4n) is 5.96. The van der Waals surface area contributed by atoms with Gasteiger partial charge >= 0.3 is 0 Å². The van der Waals surface area contributed by atoms with Gasteiger partial charge in [0.2, 0.25) is 11.9 Å². The lowest BCUT2D eigenvalue weighted by Gasteiger charge is -2.21. The van der Waals surface area contributed by atoms with E-state index in [1.807, 2.05) is 13.8 Å². The van der Waals surface area contributed by atoms with Gasteiger partial charge in [-0.05, 0) is 66.1 Å². The van der Waals surface area contributed by atoms with Crippen molar-refractivity contribution in [1.29, 1.82) is 0 Å². The number of aromatic nitrogens is 6. The molecule has 4 heterocycles. The zero-order valence-corrected chi connectivity index (χ0v) is 32.9. The van der Waals surface area contributed by atoms with Crippen LogP contribution in [0.15, 0.2) is 82.6 Å². The normalized spacial score (nSPS) is 12.8. The van der Waals surface area contributed by atoms with Gasteiger partial charge in [-0.1, -0.05) is 59.7 Å². The molecule has 0 amide bonds. The smallest absolute Gasteiger partial charge is 0.252 e. The number of rotatable bonds is 10. The van der Waals surface area contributed by atoms with E-state index < -0.39 is 11.6 Å². The highest BCUT2D eigenvalue weighted by molar-refractivity contribution is 5.76. The predicted molar refractivity (Wildman–Crippen MR) is 215 cm³/mol. The second kappa shape index (κ2) is 16.9. The number of anilines is 2. The van der Waals surface area contributed by atoms with Gasteiger partial charge in [-0.15, -0.1) is 0 Å². The molecule has 6 rings (SSSR count). The number of aldehydes is 1. The number of aliphatic hydroxyl groups is 1. The largest absolute Gasteiger partial charge is 0.392 e. The molecule has 294 valence electrons. The summed E-state index contributed by atoms with van der Waals surface area (Å²) in [6.07, 6.45) is 3.82. The summed E-state index contributed by atoms with van der Waals surface area (Å²) in [5.74, 6) is -0.320. The minimum atomic E-state index is -0.570. The van der Waals surface area contributed by atoms with Crippen molar-refractivity contribution in [3.63, 3.8) is 0 Å². The van der Waals surface area contributed by atoms with Gasteiger partial charge in [-0.3, -0.25) is 23.5 Å². The standard InChI is InChI=1S/C21H25FN4O2.C21H23FN4O2/c2*1-13(14-5-6-16(11-27)17(22)9-14)24-20-23-10-15-7-8-18(28)26(19(15)25-20)12-21(2,3)4/h5-10,13,27H,11-12H2,1-4H3,(H,23,24,25);5-11,13H,12H2,1-4H3,(H,23,24,25). The number of aliphatic hydroxyl groups excluding tert-OH is 1. The van der Waals surface area contributed by atoms with E-state index in [9.17, 15) is 23.2 Å². The number of nitrogens with zero attached hydrogens (tertiary/aromatic N) is 6. The first-order valence-electron chi connectivity index (χ1n) is 18.3. The molecule has 0 bridgehead atoms. The average molecular weight is 767 g/mol. The quantitative estimate of drug-likeness (QED) is 0.119. The Morgan fingerprint density at radius 1 is 0.696 bits per heavy atom. The molecule has 4 aromatic heterocycles. The maximum Gasteiger partial charge on any atom is 0.252 e. The summed E-state index contributed by atoms with van der Waals surface area (Å²) in [6.45, 7) is 16.8. The Morgan fingerprint density at radius 2 is 1.14 bits per heavy atom. The fourth-order valence-corrected chi connectivity index (χ4v) is 5.96. The lowest BCUT2D eigenvalue weighted by Crippen LogP contribution is -2.27. The van der Waals surface area contributed by atoms with E-state index in [4.69, 9.17) is 5.11 Å². The zero-order chi connectivity index (χ0) is 40.9. The van der Waals surface area contributed by atoms with Crippen LogP contribution in [0.5, 0.6) is 0 Å². The molecule has 0 saturated carbocycles. The lowest BCUT2D eigenvalue weighted by molar-refractivity contribution is 0.111. The molecule has 2 aromatic carbocycles. The van der Waals surface area contributed by atoms with Crippen molar-refractivity contribution in [2.24, 2.45) is 10.8 Å². The van der Waals surface area contributed by atoms with E-state index in [-0.39, 0.29) is 51.8 Å². The van der Waals surface area contributed by atoms with Gasteiger partial charge in [0.15, 0.2) is 6.29 Å². The summed E-state index contributed by atoms with van der Waals surface area (Å²) in [4.78, 5) is 53.3. The van der Waals surface area contributed by atoms with Crippen LogP contribution in [0.2, 0.25) is 0 Å². The monoisotopic (exact) mass is 766 g/mol. The maximum atomic E-state index is 14.0. The van der Waals surface area contributed by atoms with E-state index in [1.54, 1.807) is 51.9 Å². The number of pyridine rings is 2. The van der Waals surface area contributed by atoms with Crippen molar-refractivity contribution in [2.45, 2.75) is 87.2 Å². The highest BCUT2D eigenvalue weighted by Crippen LogP contribution is 2.24. The molecule has 0 aliphatic heterocycles. The van der Waals surface area contributed by atoms with Gasteiger partial charge in [0.25, 0.3) is 11.1 Å². The molecule has 2 atom stereocenters. The predicted octanol–water partition coefficient (Wildman–Crippen LogP) is 7.60. The Hall–Kier alpha value is -5.89. The molecule has 6 aromatic rings. The summed E-state index contributed by atoms with van der Waals surface area (Å²) in [5, 5.41) is 16.9. The zero-order valence-electron chi connectivity index (χ0n) is 32.9. The average Bonchev–Trinajstić information content (AvgIpc) is 3.13. The van der Waals surface area contributed by atoms with Crippen LogP contribution in [0, 0.1) is 22.5 Å². The van der Waals surface area contributed by atoms with Gasteiger partial charge in [-0.25, -0.2) is 18.7 Å².